The molecule has 3 aromatic heterocycles. The molecule has 0 unspecified atom stereocenters. The largest absolute Gasteiger partial charge is 0.495 e. The number of methoxy groups -OCH3 is 2. The molecule has 0 radical (unpaired) electrons. The van der Waals surface area contributed by atoms with Crippen molar-refractivity contribution in [2.45, 2.75) is 6.04 Å². The van der Waals surface area contributed by atoms with Crippen LogP contribution in [0.4, 0.5) is 0 Å². The van der Waals surface area contributed by atoms with Gasteiger partial charge in [-0.15, -0.1) is 0 Å². The van der Waals surface area contributed by atoms with Crippen molar-refractivity contribution in [3.63, 3.8) is 0 Å². The summed E-state index contributed by atoms with van der Waals surface area (Å²) in [4.78, 5) is 18.4. The van der Waals surface area contributed by atoms with E-state index in [1.165, 1.54) is 14.2 Å². The van der Waals surface area contributed by atoms with Gasteiger partial charge in [0.25, 0.3) is 5.56 Å². The monoisotopic (exact) mass is 486 g/mol. The van der Waals surface area contributed by atoms with Crippen LogP contribution in [0.15, 0.2) is 41.6 Å². The summed E-state index contributed by atoms with van der Waals surface area (Å²) in [5.41, 5.74) is 2.77. The van der Waals surface area contributed by atoms with Crippen LogP contribution in [0.3, 0.4) is 0 Å². The topological polar surface area (TPSA) is 80.4 Å². The molecule has 170 valence electrons. The van der Waals surface area contributed by atoms with Gasteiger partial charge in [-0.2, -0.15) is 5.10 Å². The number of nitrogens with zero attached hydrogens (tertiary/aromatic N) is 4. The summed E-state index contributed by atoms with van der Waals surface area (Å²) in [6.45, 7) is 0.873. The van der Waals surface area contributed by atoms with Crippen molar-refractivity contribution in [1.82, 2.24) is 19.3 Å². The molecule has 33 heavy (non-hydrogen) atoms. The van der Waals surface area contributed by atoms with Crippen molar-refractivity contribution in [2.75, 3.05) is 27.4 Å². The molecule has 4 aromatic rings. The zero-order valence-corrected chi connectivity index (χ0v) is 19.6. The third-order valence-corrected chi connectivity index (χ3v) is 6.50. The van der Waals surface area contributed by atoms with Gasteiger partial charge in [-0.25, -0.2) is 0 Å². The number of hydrogen-bond acceptors (Lipinski definition) is 6. The van der Waals surface area contributed by atoms with Crippen molar-refractivity contribution in [2.24, 2.45) is 7.05 Å². The molecule has 8 nitrogen and oxygen atoms in total. The highest BCUT2D eigenvalue weighted by Crippen LogP contribution is 2.45. The van der Waals surface area contributed by atoms with Crippen molar-refractivity contribution in [1.29, 1.82) is 0 Å². The number of aryl methyl sites for hydroxylation is 1. The standard InChI is InChI=1S/C23H20Cl2N4O4/c1-28-9-13(8-27-28)16-5-17-12(7-26-16)4-15(23(30)29(17)14-10-33-11-14)20-21(24)18(31-2)6-19(32-3)22(20)25/h4-9,14H,10-11H2,1-3H3. The number of aromatic nitrogens is 4. The van der Waals surface area contributed by atoms with Gasteiger partial charge in [0.05, 0.1) is 66.5 Å². The van der Waals surface area contributed by atoms with Gasteiger partial charge in [0.2, 0.25) is 0 Å². The predicted octanol–water partition coefficient (Wildman–Crippen LogP) is 4.36. The van der Waals surface area contributed by atoms with Gasteiger partial charge in [0.15, 0.2) is 0 Å². The van der Waals surface area contributed by atoms with Crippen LogP contribution in [-0.2, 0) is 11.8 Å². The van der Waals surface area contributed by atoms with Crippen molar-refractivity contribution in [3.8, 4) is 33.9 Å². The first kappa shape index (κ1) is 21.8. The second kappa shape index (κ2) is 8.37. The van der Waals surface area contributed by atoms with Gasteiger partial charge in [-0.1, -0.05) is 23.2 Å². The quantitative estimate of drug-likeness (QED) is 0.416. The van der Waals surface area contributed by atoms with Crippen LogP contribution in [0.5, 0.6) is 11.5 Å². The molecule has 1 aromatic carbocycles. The number of rotatable bonds is 5. The van der Waals surface area contributed by atoms with E-state index in [2.05, 4.69) is 10.1 Å². The number of pyridine rings is 2. The Balaban J connectivity index is 1.81. The summed E-state index contributed by atoms with van der Waals surface area (Å²) in [5.74, 6) is 0.715. The summed E-state index contributed by atoms with van der Waals surface area (Å²) < 4.78 is 19.6. The summed E-state index contributed by atoms with van der Waals surface area (Å²) in [6, 6.07) is 5.12. The minimum Gasteiger partial charge on any atom is -0.495 e. The van der Waals surface area contributed by atoms with E-state index in [1.54, 1.807) is 33.8 Å². The van der Waals surface area contributed by atoms with Crippen molar-refractivity contribution < 1.29 is 14.2 Å². The molecule has 1 aliphatic rings. The van der Waals surface area contributed by atoms with Gasteiger partial charge in [0.1, 0.15) is 11.5 Å². The lowest BCUT2D eigenvalue weighted by atomic mass is 10.0. The molecule has 4 heterocycles. The summed E-state index contributed by atoms with van der Waals surface area (Å²) >= 11 is 13.3. The smallest absolute Gasteiger partial charge is 0.259 e. The summed E-state index contributed by atoms with van der Waals surface area (Å²) in [5, 5.41) is 5.44. The molecule has 10 heteroatoms. The summed E-state index contributed by atoms with van der Waals surface area (Å²) in [7, 11) is 4.83. The van der Waals surface area contributed by atoms with Crippen LogP contribution >= 0.6 is 23.2 Å². The highest BCUT2D eigenvalue weighted by atomic mass is 35.5. The Morgan fingerprint density at radius 2 is 1.76 bits per heavy atom. The highest BCUT2D eigenvalue weighted by molar-refractivity contribution is 6.41. The Morgan fingerprint density at radius 3 is 2.30 bits per heavy atom. The predicted molar refractivity (Wildman–Crippen MR) is 127 cm³/mol. The van der Waals surface area contributed by atoms with Gasteiger partial charge in [-0.05, 0) is 12.1 Å². The van der Waals surface area contributed by atoms with Crippen molar-refractivity contribution >= 4 is 34.1 Å². The molecular formula is C23H20Cl2N4O4. The summed E-state index contributed by atoms with van der Waals surface area (Å²) in [6.07, 6.45) is 5.34. The van der Waals surface area contributed by atoms with Crippen LogP contribution < -0.4 is 15.0 Å². The van der Waals surface area contributed by atoms with Gasteiger partial charge >= 0.3 is 0 Å². The molecule has 0 bridgehead atoms. The molecule has 0 aliphatic carbocycles. The molecule has 0 spiro atoms. The maximum absolute atomic E-state index is 13.8. The van der Waals surface area contributed by atoms with Crippen LogP contribution in [-0.4, -0.2) is 46.8 Å². The second-order valence-electron chi connectivity index (χ2n) is 7.74. The van der Waals surface area contributed by atoms with Crippen LogP contribution in [0, 0.1) is 0 Å². The van der Waals surface area contributed by atoms with Crippen LogP contribution in [0.25, 0.3) is 33.3 Å². The minimum atomic E-state index is -0.238. The highest BCUT2D eigenvalue weighted by Gasteiger charge is 2.28. The zero-order chi connectivity index (χ0) is 23.3. The van der Waals surface area contributed by atoms with E-state index in [-0.39, 0.29) is 21.6 Å². The number of ether oxygens (including phenoxy) is 3. The molecule has 5 rings (SSSR count). The third kappa shape index (κ3) is 3.55. The molecule has 0 atom stereocenters. The van der Waals surface area contributed by atoms with E-state index < -0.39 is 0 Å². The van der Waals surface area contributed by atoms with E-state index in [0.29, 0.717) is 35.8 Å². The Bertz CT molecular complexity index is 1410. The lowest BCUT2D eigenvalue weighted by Crippen LogP contribution is -2.38. The van der Waals surface area contributed by atoms with E-state index in [0.717, 1.165) is 22.2 Å². The van der Waals surface area contributed by atoms with Gasteiger partial charge in [-0.3, -0.25) is 19.0 Å². The first-order valence-electron chi connectivity index (χ1n) is 10.1. The molecule has 0 N–H and O–H groups in total. The first-order valence-corrected chi connectivity index (χ1v) is 10.9. The molecule has 1 aliphatic heterocycles. The number of halogens is 2. The Morgan fingerprint density at radius 1 is 1.06 bits per heavy atom. The Hall–Kier alpha value is -3.07. The van der Waals surface area contributed by atoms with E-state index in [4.69, 9.17) is 37.4 Å². The average molecular weight is 487 g/mol. The van der Waals surface area contributed by atoms with Gasteiger partial charge in [0, 0.05) is 42.0 Å². The van der Waals surface area contributed by atoms with Crippen molar-refractivity contribution in [3.05, 3.63) is 57.2 Å². The number of fused-ring (bicyclic) bond motifs is 1. The van der Waals surface area contributed by atoms with Crippen LogP contribution in [0.1, 0.15) is 6.04 Å². The fourth-order valence-electron chi connectivity index (χ4n) is 3.98. The first-order chi connectivity index (χ1) is 15.9. The fraction of sp³-hybridized carbons (Fsp3) is 0.261. The zero-order valence-electron chi connectivity index (χ0n) is 18.1. The SMILES string of the molecule is COc1cc(OC)c(Cl)c(-c2cc3cnc(-c4cnn(C)c4)cc3n(C3COC3)c2=O)c1Cl. The second-order valence-corrected chi connectivity index (χ2v) is 8.50. The molecule has 1 saturated heterocycles. The van der Waals surface area contributed by atoms with E-state index in [9.17, 15) is 4.79 Å². The minimum absolute atomic E-state index is 0.117. The van der Waals surface area contributed by atoms with Crippen LogP contribution in [0.2, 0.25) is 10.0 Å². The van der Waals surface area contributed by atoms with Gasteiger partial charge < -0.3 is 14.2 Å². The maximum Gasteiger partial charge on any atom is 0.259 e. The normalized spacial score (nSPS) is 13.8. The molecule has 1 fully saturated rings. The number of benzene rings is 1. The van der Waals surface area contributed by atoms with E-state index in [1.807, 2.05) is 19.3 Å². The molecule has 0 amide bonds. The fourth-order valence-corrected chi connectivity index (χ4v) is 4.68. The Kier molecular flexibility index (Phi) is 5.52. The molecular weight excluding hydrogens is 467 g/mol. The molecule has 0 saturated carbocycles. The third-order valence-electron chi connectivity index (χ3n) is 5.75. The lowest BCUT2D eigenvalue weighted by Gasteiger charge is -2.30. The lowest BCUT2D eigenvalue weighted by molar-refractivity contribution is -0.0227. The Labute approximate surface area is 199 Å². The number of hydrogen-bond donors (Lipinski definition) is 0. The average Bonchev–Trinajstić information content (AvgIpc) is 3.21. The maximum atomic E-state index is 13.8. The van der Waals surface area contributed by atoms with E-state index >= 15 is 0 Å².